The van der Waals surface area contributed by atoms with Crippen molar-refractivity contribution in [2.45, 2.75) is 39.0 Å². The van der Waals surface area contributed by atoms with Crippen LogP contribution in [0.25, 0.3) is 0 Å². The van der Waals surface area contributed by atoms with Gasteiger partial charge in [0.25, 0.3) is 0 Å². The minimum atomic E-state index is -1.67. The zero-order valence-corrected chi connectivity index (χ0v) is 10.6. The lowest BCUT2D eigenvalue weighted by atomic mass is 10.3. The minimum absolute atomic E-state index is 0.0429. The fourth-order valence-electron chi connectivity index (χ4n) is 0.999. The Hall–Kier alpha value is -1.83. The number of amides is 3. The molecule has 2 atom stereocenters. The highest BCUT2D eigenvalue weighted by atomic mass is 16.4. The van der Waals surface area contributed by atoms with E-state index in [-0.39, 0.29) is 11.9 Å². The molecule has 0 radical (unpaired) electrons. The highest BCUT2D eigenvalue weighted by Crippen LogP contribution is 1.86. The van der Waals surface area contributed by atoms with Crippen LogP contribution < -0.4 is 16.0 Å². The summed E-state index contributed by atoms with van der Waals surface area (Å²) >= 11 is 0. The van der Waals surface area contributed by atoms with Crippen LogP contribution in [0.2, 0.25) is 0 Å². The number of aliphatic carboxylic acids is 1. The summed E-state index contributed by atoms with van der Waals surface area (Å²) in [5.74, 6) is -1.78. The third-order valence-electron chi connectivity index (χ3n) is 1.91. The minimum Gasteiger partial charge on any atom is -0.479 e. The maximum absolute atomic E-state index is 11.4. The van der Waals surface area contributed by atoms with E-state index < -0.39 is 30.7 Å². The number of carboxylic acid groups (broad SMARTS) is 1. The van der Waals surface area contributed by atoms with Crippen LogP contribution in [0.3, 0.4) is 0 Å². The van der Waals surface area contributed by atoms with Gasteiger partial charge in [-0.2, -0.15) is 0 Å². The average molecular weight is 261 g/mol. The molecule has 0 saturated carbocycles. The number of nitrogens with one attached hydrogen (secondary N) is 3. The molecule has 0 aromatic carbocycles. The fraction of sp³-hybridized carbons (Fsp3) is 0.700. The number of aliphatic hydroxyl groups excluding tert-OH is 1. The third-order valence-corrected chi connectivity index (χ3v) is 1.91. The topological polar surface area (TPSA) is 128 Å². The quantitative estimate of drug-likeness (QED) is 0.403. The first kappa shape index (κ1) is 16.2. The van der Waals surface area contributed by atoms with Crippen LogP contribution in [0.4, 0.5) is 4.79 Å². The number of carbonyl (C=O) groups is 3. The van der Waals surface area contributed by atoms with Crippen molar-refractivity contribution in [2.75, 3.05) is 6.54 Å². The lowest BCUT2D eigenvalue weighted by Gasteiger charge is -2.16. The molecule has 0 fully saturated rings. The highest BCUT2D eigenvalue weighted by molar-refractivity contribution is 5.87. The van der Waals surface area contributed by atoms with E-state index in [4.69, 9.17) is 10.2 Å². The molecule has 18 heavy (non-hydrogen) atoms. The molecule has 8 heteroatoms. The molecule has 0 heterocycles. The van der Waals surface area contributed by atoms with Gasteiger partial charge in [0, 0.05) is 6.04 Å². The van der Waals surface area contributed by atoms with E-state index in [1.54, 1.807) is 13.8 Å². The van der Waals surface area contributed by atoms with E-state index in [0.717, 1.165) is 0 Å². The summed E-state index contributed by atoms with van der Waals surface area (Å²) in [6, 6.07) is -1.52. The summed E-state index contributed by atoms with van der Waals surface area (Å²) in [4.78, 5) is 33.0. The molecule has 0 bridgehead atoms. The van der Waals surface area contributed by atoms with E-state index in [2.05, 4.69) is 16.0 Å². The molecule has 0 spiro atoms. The molecule has 0 rings (SSSR count). The molecule has 104 valence electrons. The summed E-state index contributed by atoms with van der Waals surface area (Å²) in [7, 11) is 0. The molecule has 2 unspecified atom stereocenters. The Morgan fingerprint density at radius 2 is 1.67 bits per heavy atom. The van der Waals surface area contributed by atoms with Crippen molar-refractivity contribution in [2.24, 2.45) is 0 Å². The third kappa shape index (κ3) is 6.69. The van der Waals surface area contributed by atoms with Gasteiger partial charge in [0.15, 0.2) is 6.10 Å². The van der Waals surface area contributed by atoms with E-state index in [0.29, 0.717) is 0 Å². The second kappa shape index (κ2) is 7.49. The van der Waals surface area contributed by atoms with Crippen LogP contribution in [0.15, 0.2) is 0 Å². The van der Waals surface area contributed by atoms with E-state index in [1.807, 2.05) is 0 Å². The second-order valence-electron chi connectivity index (χ2n) is 4.09. The summed E-state index contributed by atoms with van der Waals surface area (Å²) in [6.07, 6.45) is -1.67. The van der Waals surface area contributed by atoms with Gasteiger partial charge in [0.1, 0.15) is 6.04 Å². The number of urea groups is 1. The summed E-state index contributed by atoms with van der Waals surface area (Å²) in [5, 5.41) is 24.4. The maximum atomic E-state index is 11.4. The zero-order chi connectivity index (χ0) is 14.3. The van der Waals surface area contributed by atoms with Crippen LogP contribution in [0.5, 0.6) is 0 Å². The first-order valence-electron chi connectivity index (χ1n) is 5.49. The van der Waals surface area contributed by atoms with Crippen LogP contribution in [0.1, 0.15) is 20.8 Å². The zero-order valence-electron chi connectivity index (χ0n) is 10.6. The lowest BCUT2D eigenvalue weighted by Crippen LogP contribution is -2.51. The number of rotatable bonds is 6. The van der Waals surface area contributed by atoms with E-state index in [1.165, 1.54) is 6.92 Å². The first-order valence-corrected chi connectivity index (χ1v) is 5.49. The SMILES string of the molecule is CC(C)NC(=O)C(C)NC(=O)NCC(O)C(=O)O. The van der Waals surface area contributed by atoms with Gasteiger partial charge in [0.2, 0.25) is 5.91 Å². The fourth-order valence-corrected chi connectivity index (χ4v) is 0.999. The Bertz CT molecular complexity index is 319. The van der Waals surface area contributed by atoms with E-state index >= 15 is 0 Å². The maximum Gasteiger partial charge on any atom is 0.334 e. The predicted molar refractivity (Wildman–Crippen MR) is 62.9 cm³/mol. The molecule has 0 aliphatic heterocycles. The Kier molecular flexibility index (Phi) is 6.73. The largest absolute Gasteiger partial charge is 0.479 e. The molecule has 0 aliphatic carbocycles. The Labute approximate surface area is 105 Å². The first-order chi connectivity index (χ1) is 8.23. The lowest BCUT2D eigenvalue weighted by molar-refractivity contribution is -0.146. The van der Waals surface area contributed by atoms with Gasteiger partial charge in [0.05, 0.1) is 6.54 Å². The predicted octanol–water partition coefficient (Wildman–Crippen LogP) is -1.36. The Balaban J connectivity index is 4.01. The van der Waals surface area contributed by atoms with Crippen molar-refractivity contribution in [1.29, 1.82) is 0 Å². The number of aliphatic hydroxyl groups is 1. The Morgan fingerprint density at radius 1 is 1.11 bits per heavy atom. The number of carbonyl (C=O) groups excluding carboxylic acids is 2. The highest BCUT2D eigenvalue weighted by Gasteiger charge is 2.18. The molecular weight excluding hydrogens is 242 g/mol. The molecule has 0 aliphatic rings. The molecule has 5 N–H and O–H groups in total. The summed E-state index contributed by atoms with van der Waals surface area (Å²) in [6.45, 7) is 4.63. The molecule has 0 saturated heterocycles. The Morgan fingerprint density at radius 3 is 2.11 bits per heavy atom. The van der Waals surface area contributed by atoms with Gasteiger partial charge in [-0.3, -0.25) is 4.79 Å². The van der Waals surface area contributed by atoms with Gasteiger partial charge in [-0.1, -0.05) is 0 Å². The average Bonchev–Trinajstić information content (AvgIpc) is 2.24. The second-order valence-corrected chi connectivity index (χ2v) is 4.09. The van der Waals surface area contributed by atoms with Crippen molar-refractivity contribution in [3.63, 3.8) is 0 Å². The summed E-state index contributed by atoms with van der Waals surface area (Å²) in [5.41, 5.74) is 0. The number of hydrogen-bond acceptors (Lipinski definition) is 4. The van der Waals surface area contributed by atoms with Gasteiger partial charge in [-0.15, -0.1) is 0 Å². The number of hydrogen-bond donors (Lipinski definition) is 5. The van der Waals surface area contributed by atoms with Crippen LogP contribution >= 0.6 is 0 Å². The van der Waals surface area contributed by atoms with Gasteiger partial charge in [-0.25, -0.2) is 9.59 Å². The summed E-state index contributed by atoms with van der Waals surface area (Å²) < 4.78 is 0. The normalized spacial score (nSPS) is 13.6. The molecule has 0 aromatic rings. The molecular formula is C10H19N3O5. The van der Waals surface area contributed by atoms with Gasteiger partial charge >= 0.3 is 12.0 Å². The number of carboxylic acids is 1. The van der Waals surface area contributed by atoms with Gasteiger partial charge in [-0.05, 0) is 20.8 Å². The van der Waals surface area contributed by atoms with Crippen LogP contribution in [0, 0.1) is 0 Å². The monoisotopic (exact) mass is 261 g/mol. The molecule has 0 aromatic heterocycles. The van der Waals surface area contributed by atoms with Crippen LogP contribution in [-0.2, 0) is 9.59 Å². The van der Waals surface area contributed by atoms with Crippen molar-refractivity contribution >= 4 is 17.9 Å². The smallest absolute Gasteiger partial charge is 0.334 e. The molecule has 8 nitrogen and oxygen atoms in total. The van der Waals surface area contributed by atoms with Gasteiger partial charge < -0.3 is 26.2 Å². The van der Waals surface area contributed by atoms with Crippen molar-refractivity contribution in [1.82, 2.24) is 16.0 Å². The molecule has 3 amide bonds. The van der Waals surface area contributed by atoms with Crippen molar-refractivity contribution < 1.29 is 24.6 Å². The van der Waals surface area contributed by atoms with Crippen molar-refractivity contribution in [3.8, 4) is 0 Å². The standard InChI is InChI=1S/C10H19N3O5/c1-5(2)12-8(15)6(3)13-10(18)11-4-7(14)9(16)17/h5-7,14H,4H2,1-3H3,(H,12,15)(H,16,17)(H2,11,13,18). The van der Waals surface area contributed by atoms with Crippen LogP contribution in [-0.4, -0.2) is 52.9 Å². The van der Waals surface area contributed by atoms with E-state index in [9.17, 15) is 14.4 Å². The van der Waals surface area contributed by atoms with Crippen molar-refractivity contribution in [3.05, 3.63) is 0 Å².